The van der Waals surface area contributed by atoms with Gasteiger partial charge in [0.15, 0.2) is 0 Å². The number of nitrogens with one attached hydrogen (secondary N) is 2. The number of carbonyl (C=O) groups is 1. The molecule has 3 aromatic carbocycles. The topological polar surface area (TPSA) is 135 Å². The molecule has 0 radical (unpaired) electrons. The van der Waals surface area contributed by atoms with Crippen LogP contribution < -0.4 is 15.2 Å². The van der Waals surface area contributed by atoms with Gasteiger partial charge in [0.25, 0.3) is 15.9 Å². The SMILES string of the molecule is NS(=O)(=O)c1ccc(NC(=O)c2ccc(S(=O)(=O)Nc3ccc(Cl)cc3)cc2)cc1. The van der Waals surface area contributed by atoms with Gasteiger partial charge in [-0.2, -0.15) is 0 Å². The first-order chi connectivity index (χ1) is 14.0. The summed E-state index contributed by atoms with van der Waals surface area (Å²) in [7, 11) is -7.67. The summed E-state index contributed by atoms with van der Waals surface area (Å²) >= 11 is 5.79. The quantitative estimate of drug-likeness (QED) is 0.514. The standard InChI is InChI=1S/C19H16ClN3O5S2/c20-14-3-5-16(6-4-14)23-30(27,28)18-9-1-13(2-10-18)19(24)22-15-7-11-17(12-8-15)29(21,25)26/h1-12,23H,(H,22,24)(H2,21,25,26). The van der Waals surface area contributed by atoms with Crippen molar-refractivity contribution in [2.45, 2.75) is 9.79 Å². The Kier molecular flexibility index (Phi) is 6.13. The van der Waals surface area contributed by atoms with Gasteiger partial charge in [-0.15, -0.1) is 0 Å². The molecule has 4 N–H and O–H groups in total. The number of primary sulfonamides is 1. The monoisotopic (exact) mass is 465 g/mol. The van der Waals surface area contributed by atoms with Gasteiger partial charge in [-0.25, -0.2) is 22.0 Å². The van der Waals surface area contributed by atoms with E-state index in [0.717, 1.165) is 0 Å². The summed E-state index contributed by atoms with van der Waals surface area (Å²) in [4.78, 5) is 12.2. The summed E-state index contributed by atoms with van der Waals surface area (Å²) < 4.78 is 49.9. The van der Waals surface area contributed by atoms with Crippen LogP contribution in [0, 0.1) is 0 Å². The number of sulfonamides is 2. The van der Waals surface area contributed by atoms with Crippen LogP contribution in [0.5, 0.6) is 0 Å². The van der Waals surface area contributed by atoms with Crippen molar-refractivity contribution in [1.82, 2.24) is 0 Å². The van der Waals surface area contributed by atoms with Gasteiger partial charge in [0.1, 0.15) is 0 Å². The number of amides is 1. The molecule has 156 valence electrons. The van der Waals surface area contributed by atoms with Gasteiger partial charge in [0.2, 0.25) is 10.0 Å². The van der Waals surface area contributed by atoms with Gasteiger partial charge in [-0.3, -0.25) is 9.52 Å². The first-order valence-electron chi connectivity index (χ1n) is 8.37. The first kappa shape index (κ1) is 21.8. The number of rotatable bonds is 6. The van der Waals surface area contributed by atoms with Crippen LogP contribution in [0.1, 0.15) is 10.4 Å². The molecule has 8 nitrogen and oxygen atoms in total. The molecular weight excluding hydrogens is 450 g/mol. The Morgan fingerprint density at radius 2 is 1.23 bits per heavy atom. The van der Waals surface area contributed by atoms with Crippen molar-refractivity contribution in [2.24, 2.45) is 5.14 Å². The number of nitrogens with two attached hydrogens (primary N) is 1. The minimum Gasteiger partial charge on any atom is -0.322 e. The van der Waals surface area contributed by atoms with Gasteiger partial charge in [0, 0.05) is 22.0 Å². The Balaban J connectivity index is 1.71. The fourth-order valence-corrected chi connectivity index (χ4v) is 4.15. The number of benzene rings is 3. The van der Waals surface area contributed by atoms with Gasteiger partial charge in [-0.05, 0) is 72.8 Å². The fourth-order valence-electron chi connectivity index (χ4n) is 2.45. The van der Waals surface area contributed by atoms with Crippen LogP contribution in [0.25, 0.3) is 0 Å². The number of anilines is 2. The van der Waals surface area contributed by atoms with Crippen molar-refractivity contribution >= 4 is 48.9 Å². The molecule has 11 heteroatoms. The van der Waals surface area contributed by atoms with E-state index in [1.54, 1.807) is 12.1 Å². The summed E-state index contributed by atoms with van der Waals surface area (Å²) in [5.74, 6) is -0.493. The van der Waals surface area contributed by atoms with Crippen molar-refractivity contribution in [3.8, 4) is 0 Å². The molecule has 0 atom stereocenters. The van der Waals surface area contributed by atoms with Crippen LogP contribution >= 0.6 is 11.6 Å². The zero-order chi connectivity index (χ0) is 21.9. The number of hydrogen-bond acceptors (Lipinski definition) is 5. The zero-order valence-electron chi connectivity index (χ0n) is 15.2. The largest absolute Gasteiger partial charge is 0.322 e. The molecule has 0 saturated heterocycles. The molecule has 0 aliphatic rings. The average Bonchev–Trinajstić information content (AvgIpc) is 2.69. The molecule has 30 heavy (non-hydrogen) atoms. The molecule has 0 heterocycles. The maximum Gasteiger partial charge on any atom is 0.261 e. The normalized spacial score (nSPS) is 11.7. The third-order valence-electron chi connectivity index (χ3n) is 3.96. The molecule has 0 fully saturated rings. The highest BCUT2D eigenvalue weighted by molar-refractivity contribution is 7.92. The third kappa shape index (κ3) is 5.36. The van der Waals surface area contributed by atoms with E-state index in [-0.39, 0.29) is 15.4 Å². The summed E-state index contributed by atoms with van der Waals surface area (Å²) in [5, 5.41) is 8.10. The molecule has 0 aliphatic heterocycles. The summed E-state index contributed by atoms with van der Waals surface area (Å²) in [6.45, 7) is 0. The average molecular weight is 466 g/mol. The Hall–Kier alpha value is -2.92. The lowest BCUT2D eigenvalue weighted by Gasteiger charge is -2.09. The van der Waals surface area contributed by atoms with Crippen molar-refractivity contribution in [1.29, 1.82) is 0 Å². The predicted octanol–water partition coefficient (Wildman–Crippen LogP) is 3.04. The van der Waals surface area contributed by atoms with Crippen LogP contribution in [-0.2, 0) is 20.0 Å². The Bertz CT molecular complexity index is 1270. The predicted molar refractivity (Wildman–Crippen MR) is 114 cm³/mol. The molecule has 0 bridgehead atoms. The molecule has 0 aromatic heterocycles. The van der Waals surface area contributed by atoms with E-state index in [4.69, 9.17) is 16.7 Å². The van der Waals surface area contributed by atoms with Crippen molar-refractivity contribution in [2.75, 3.05) is 10.0 Å². The van der Waals surface area contributed by atoms with Crippen LogP contribution in [-0.4, -0.2) is 22.7 Å². The van der Waals surface area contributed by atoms with Crippen LogP contribution in [0.2, 0.25) is 5.02 Å². The lowest BCUT2D eigenvalue weighted by molar-refractivity contribution is 0.102. The van der Waals surface area contributed by atoms with E-state index in [1.807, 2.05) is 0 Å². The second-order valence-corrected chi connectivity index (χ2v) is 9.84. The molecule has 3 aromatic rings. The number of hydrogen-bond donors (Lipinski definition) is 3. The van der Waals surface area contributed by atoms with Crippen LogP contribution in [0.4, 0.5) is 11.4 Å². The lowest BCUT2D eigenvalue weighted by atomic mass is 10.2. The molecular formula is C19H16ClN3O5S2. The first-order valence-corrected chi connectivity index (χ1v) is 11.8. The Morgan fingerprint density at radius 3 is 1.77 bits per heavy atom. The molecule has 0 spiro atoms. The number of halogens is 1. The highest BCUT2D eigenvalue weighted by atomic mass is 35.5. The fraction of sp³-hybridized carbons (Fsp3) is 0. The second-order valence-electron chi connectivity index (χ2n) is 6.16. The summed E-state index contributed by atoms with van der Waals surface area (Å²) in [6.07, 6.45) is 0. The molecule has 1 amide bonds. The highest BCUT2D eigenvalue weighted by Gasteiger charge is 2.16. The summed E-state index contributed by atoms with van der Waals surface area (Å²) in [5.41, 5.74) is 0.925. The molecule has 0 saturated carbocycles. The lowest BCUT2D eigenvalue weighted by Crippen LogP contribution is -2.15. The maximum absolute atomic E-state index is 12.5. The van der Waals surface area contributed by atoms with Gasteiger partial charge < -0.3 is 5.32 Å². The van der Waals surface area contributed by atoms with Crippen molar-refractivity contribution < 1.29 is 21.6 Å². The number of carbonyl (C=O) groups excluding carboxylic acids is 1. The van der Waals surface area contributed by atoms with Gasteiger partial charge in [0.05, 0.1) is 9.79 Å². The Morgan fingerprint density at radius 1 is 0.733 bits per heavy atom. The van der Waals surface area contributed by atoms with E-state index < -0.39 is 26.0 Å². The second kappa shape index (κ2) is 8.44. The minimum atomic E-state index is -3.84. The van der Waals surface area contributed by atoms with Crippen LogP contribution in [0.15, 0.2) is 82.6 Å². The van der Waals surface area contributed by atoms with Crippen molar-refractivity contribution in [3.63, 3.8) is 0 Å². The van der Waals surface area contributed by atoms with Crippen LogP contribution in [0.3, 0.4) is 0 Å². The molecule has 0 aliphatic carbocycles. The third-order valence-corrected chi connectivity index (χ3v) is 6.54. The smallest absolute Gasteiger partial charge is 0.261 e. The molecule has 3 rings (SSSR count). The zero-order valence-corrected chi connectivity index (χ0v) is 17.6. The van der Waals surface area contributed by atoms with Gasteiger partial charge in [-0.1, -0.05) is 11.6 Å². The molecule has 0 unspecified atom stereocenters. The van der Waals surface area contributed by atoms with E-state index in [2.05, 4.69) is 10.0 Å². The summed E-state index contributed by atoms with van der Waals surface area (Å²) in [6, 6.07) is 16.8. The Labute approximate surface area is 178 Å². The van der Waals surface area contributed by atoms with E-state index >= 15 is 0 Å². The van der Waals surface area contributed by atoms with E-state index in [0.29, 0.717) is 16.4 Å². The van der Waals surface area contributed by atoms with E-state index in [9.17, 15) is 21.6 Å². The minimum absolute atomic E-state index is 0.0218. The van der Waals surface area contributed by atoms with Gasteiger partial charge >= 0.3 is 0 Å². The van der Waals surface area contributed by atoms with Crippen molar-refractivity contribution in [3.05, 3.63) is 83.4 Å². The highest BCUT2D eigenvalue weighted by Crippen LogP contribution is 2.19. The van der Waals surface area contributed by atoms with E-state index in [1.165, 1.54) is 60.7 Å². The maximum atomic E-state index is 12.5.